The van der Waals surface area contributed by atoms with Gasteiger partial charge in [-0.15, -0.1) is 0 Å². The van der Waals surface area contributed by atoms with Crippen LogP contribution in [0.5, 0.6) is 0 Å². The summed E-state index contributed by atoms with van der Waals surface area (Å²) in [5, 5.41) is 1.53. The van der Waals surface area contributed by atoms with Crippen LogP contribution in [-0.4, -0.2) is 10.8 Å². The number of hydrogen-bond donors (Lipinski definition) is 1. The Morgan fingerprint density at radius 1 is 1.33 bits per heavy atom. The van der Waals surface area contributed by atoms with Crippen LogP contribution in [-0.2, 0) is 11.2 Å². The molecular weight excluding hydrogens is 190 g/mol. The molecule has 0 aliphatic rings. The SMILES string of the molecule is CC(=O)Cc1ccc2cc[nH]c(=O)c2c1. The van der Waals surface area contributed by atoms with Crippen molar-refractivity contribution in [3.8, 4) is 0 Å². The van der Waals surface area contributed by atoms with Crippen LogP contribution < -0.4 is 5.56 Å². The Labute approximate surface area is 86.8 Å². The van der Waals surface area contributed by atoms with Crippen molar-refractivity contribution < 1.29 is 4.79 Å². The number of hydrogen-bond acceptors (Lipinski definition) is 2. The van der Waals surface area contributed by atoms with E-state index in [2.05, 4.69) is 4.98 Å². The Morgan fingerprint density at radius 3 is 2.87 bits per heavy atom. The molecule has 0 amide bonds. The molecule has 0 aliphatic heterocycles. The smallest absolute Gasteiger partial charge is 0.255 e. The first-order valence-electron chi connectivity index (χ1n) is 4.76. The number of carbonyl (C=O) groups excluding carboxylic acids is 1. The van der Waals surface area contributed by atoms with Gasteiger partial charge in [0, 0.05) is 18.0 Å². The second-order valence-electron chi connectivity index (χ2n) is 3.61. The molecule has 1 aromatic carbocycles. The summed E-state index contributed by atoms with van der Waals surface area (Å²) in [5.41, 5.74) is 0.768. The molecule has 76 valence electrons. The largest absolute Gasteiger partial charge is 0.329 e. The van der Waals surface area contributed by atoms with Crippen molar-refractivity contribution in [2.75, 3.05) is 0 Å². The van der Waals surface area contributed by atoms with E-state index in [1.54, 1.807) is 19.2 Å². The Morgan fingerprint density at radius 2 is 2.13 bits per heavy atom. The number of ketones is 1. The number of carbonyl (C=O) groups is 1. The third-order valence-corrected chi connectivity index (χ3v) is 2.29. The van der Waals surface area contributed by atoms with E-state index < -0.39 is 0 Å². The fraction of sp³-hybridized carbons (Fsp3) is 0.167. The summed E-state index contributed by atoms with van der Waals surface area (Å²) in [6.07, 6.45) is 2.00. The van der Waals surface area contributed by atoms with E-state index in [-0.39, 0.29) is 11.3 Å². The fourth-order valence-electron chi connectivity index (χ4n) is 1.63. The predicted molar refractivity (Wildman–Crippen MR) is 59.0 cm³/mol. The van der Waals surface area contributed by atoms with Crippen molar-refractivity contribution in [2.24, 2.45) is 0 Å². The molecule has 0 aliphatic carbocycles. The number of nitrogens with one attached hydrogen (secondary N) is 1. The molecule has 2 rings (SSSR count). The molecular formula is C12H11NO2. The average Bonchev–Trinajstić information content (AvgIpc) is 2.18. The molecule has 2 aromatic rings. The maximum atomic E-state index is 11.5. The van der Waals surface area contributed by atoms with E-state index in [9.17, 15) is 9.59 Å². The number of rotatable bonds is 2. The summed E-state index contributed by atoms with van der Waals surface area (Å²) in [5.74, 6) is 0.0988. The minimum atomic E-state index is -0.113. The minimum Gasteiger partial charge on any atom is -0.329 e. The van der Waals surface area contributed by atoms with E-state index in [4.69, 9.17) is 0 Å². The molecule has 0 spiro atoms. The summed E-state index contributed by atoms with van der Waals surface area (Å²) in [6.45, 7) is 1.54. The third-order valence-electron chi connectivity index (χ3n) is 2.29. The van der Waals surface area contributed by atoms with Crippen LogP contribution in [0.4, 0.5) is 0 Å². The molecule has 3 nitrogen and oxygen atoms in total. The standard InChI is InChI=1S/C12H11NO2/c1-8(14)6-9-2-3-10-4-5-13-12(15)11(10)7-9/h2-5,7H,6H2,1H3,(H,13,15). The summed E-state index contributed by atoms with van der Waals surface area (Å²) in [7, 11) is 0. The lowest BCUT2D eigenvalue weighted by Crippen LogP contribution is -2.05. The van der Waals surface area contributed by atoms with Crippen molar-refractivity contribution in [1.82, 2.24) is 4.98 Å². The quantitative estimate of drug-likeness (QED) is 0.803. The lowest BCUT2D eigenvalue weighted by Gasteiger charge is -2.00. The summed E-state index contributed by atoms with van der Waals surface area (Å²) < 4.78 is 0. The van der Waals surface area contributed by atoms with Gasteiger partial charge in [0.1, 0.15) is 5.78 Å². The van der Waals surface area contributed by atoms with E-state index >= 15 is 0 Å². The lowest BCUT2D eigenvalue weighted by atomic mass is 10.1. The molecule has 0 unspecified atom stereocenters. The van der Waals surface area contributed by atoms with Crippen molar-refractivity contribution in [3.05, 3.63) is 46.4 Å². The molecule has 15 heavy (non-hydrogen) atoms. The van der Waals surface area contributed by atoms with Gasteiger partial charge in [-0.1, -0.05) is 12.1 Å². The summed E-state index contributed by atoms with van der Waals surface area (Å²) >= 11 is 0. The molecule has 0 saturated heterocycles. The Kier molecular flexibility index (Phi) is 2.37. The van der Waals surface area contributed by atoms with E-state index in [1.165, 1.54) is 0 Å². The summed E-state index contributed by atoms with van der Waals surface area (Å²) in [4.78, 5) is 25.0. The molecule has 0 radical (unpaired) electrons. The van der Waals surface area contributed by atoms with Crippen LogP contribution in [0.1, 0.15) is 12.5 Å². The maximum Gasteiger partial charge on any atom is 0.255 e. The zero-order chi connectivity index (χ0) is 10.8. The molecule has 1 N–H and O–H groups in total. The monoisotopic (exact) mass is 201 g/mol. The highest BCUT2D eigenvalue weighted by atomic mass is 16.1. The van der Waals surface area contributed by atoms with Gasteiger partial charge in [-0.2, -0.15) is 0 Å². The zero-order valence-corrected chi connectivity index (χ0v) is 8.41. The van der Waals surface area contributed by atoms with Gasteiger partial charge in [-0.05, 0) is 30.0 Å². The summed E-state index contributed by atoms with van der Waals surface area (Å²) in [6, 6.07) is 7.36. The number of pyridine rings is 1. The third kappa shape index (κ3) is 1.96. The zero-order valence-electron chi connectivity index (χ0n) is 8.41. The second-order valence-corrected chi connectivity index (χ2v) is 3.61. The molecule has 3 heteroatoms. The van der Waals surface area contributed by atoms with Crippen LogP contribution >= 0.6 is 0 Å². The van der Waals surface area contributed by atoms with Crippen molar-refractivity contribution >= 4 is 16.6 Å². The lowest BCUT2D eigenvalue weighted by molar-refractivity contribution is -0.116. The first kappa shape index (κ1) is 9.65. The molecule has 1 heterocycles. The van der Waals surface area contributed by atoms with E-state index in [1.807, 2.05) is 18.2 Å². The maximum absolute atomic E-state index is 11.5. The van der Waals surface area contributed by atoms with Gasteiger partial charge in [-0.25, -0.2) is 0 Å². The van der Waals surface area contributed by atoms with Gasteiger partial charge in [-0.3, -0.25) is 9.59 Å². The Hall–Kier alpha value is -1.90. The van der Waals surface area contributed by atoms with Crippen LogP contribution in [0.2, 0.25) is 0 Å². The van der Waals surface area contributed by atoms with Gasteiger partial charge in [0.2, 0.25) is 0 Å². The van der Waals surface area contributed by atoms with Crippen molar-refractivity contribution in [2.45, 2.75) is 13.3 Å². The van der Waals surface area contributed by atoms with E-state index in [0.717, 1.165) is 10.9 Å². The molecule has 0 atom stereocenters. The average molecular weight is 201 g/mol. The number of benzene rings is 1. The number of aromatic amines is 1. The normalized spacial score (nSPS) is 10.5. The topological polar surface area (TPSA) is 49.9 Å². The molecule has 0 bridgehead atoms. The highest BCUT2D eigenvalue weighted by molar-refractivity contribution is 5.84. The Bertz CT molecular complexity index is 569. The predicted octanol–water partition coefficient (Wildman–Crippen LogP) is 1.66. The van der Waals surface area contributed by atoms with Crippen LogP contribution in [0, 0.1) is 0 Å². The van der Waals surface area contributed by atoms with Crippen LogP contribution in [0.15, 0.2) is 35.3 Å². The fourth-order valence-corrected chi connectivity index (χ4v) is 1.63. The van der Waals surface area contributed by atoms with Crippen LogP contribution in [0.25, 0.3) is 10.8 Å². The van der Waals surface area contributed by atoms with Crippen LogP contribution in [0.3, 0.4) is 0 Å². The number of Topliss-reactive ketones (excluding diaryl/α,β-unsaturated/α-hetero) is 1. The van der Waals surface area contributed by atoms with Gasteiger partial charge in [0.05, 0.1) is 0 Å². The molecule has 0 saturated carbocycles. The number of H-pyrrole nitrogens is 1. The number of aromatic nitrogens is 1. The highest BCUT2D eigenvalue weighted by Gasteiger charge is 2.01. The Balaban J connectivity index is 2.59. The van der Waals surface area contributed by atoms with E-state index in [0.29, 0.717) is 11.8 Å². The van der Waals surface area contributed by atoms with Crippen molar-refractivity contribution in [1.29, 1.82) is 0 Å². The first-order chi connectivity index (χ1) is 7.16. The van der Waals surface area contributed by atoms with Gasteiger partial charge < -0.3 is 4.98 Å². The molecule has 0 fully saturated rings. The van der Waals surface area contributed by atoms with Gasteiger partial charge in [0.25, 0.3) is 5.56 Å². The van der Waals surface area contributed by atoms with Crippen molar-refractivity contribution in [3.63, 3.8) is 0 Å². The number of fused-ring (bicyclic) bond motifs is 1. The van der Waals surface area contributed by atoms with Gasteiger partial charge >= 0.3 is 0 Å². The molecule has 1 aromatic heterocycles. The highest BCUT2D eigenvalue weighted by Crippen LogP contribution is 2.12. The first-order valence-corrected chi connectivity index (χ1v) is 4.76. The van der Waals surface area contributed by atoms with Gasteiger partial charge in [0.15, 0.2) is 0 Å². The minimum absolute atomic E-state index is 0.0988. The second kappa shape index (κ2) is 3.69.